The number of amides is 1. The van der Waals surface area contributed by atoms with Gasteiger partial charge in [-0.15, -0.1) is 0 Å². The van der Waals surface area contributed by atoms with Gasteiger partial charge >= 0.3 is 5.69 Å². The van der Waals surface area contributed by atoms with Crippen molar-refractivity contribution in [1.82, 2.24) is 19.7 Å². The van der Waals surface area contributed by atoms with Crippen LogP contribution in [0.3, 0.4) is 0 Å². The first-order chi connectivity index (χ1) is 13.4. The summed E-state index contributed by atoms with van der Waals surface area (Å²) in [4.78, 5) is 38.1. The Bertz CT molecular complexity index is 1150. The Labute approximate surface area is 160 Å². The number of nitrogens with one attached hydrogen (secondary N) is 1. The van der Waals surface area contributed by atoms with Gasteiger partial charge in [0.05, 0.1) is 12.2 Å². The normalized spacial score (nSPS) is 10.7. The van der Waals surface area contributed by atoms with Crippen LogP contribution in [-0.4, -0.2) is 26.8 Å². The highest BCUT2D eigenvalue weighted by Gasteiger charge is 2.20. The second kappa shape index (κ2) is 7.99. The zero-order valence-corrected chi connectivity index (χ0v) is 15.5. The Morgan fingerprint density at radius 2 is 1.89 bits per heavy atom. The minimum absolute atomic E-state index is 0.158. The van der Waals surface area contributed by atoms with Gasteiger partial charge in [0.25, 0.3) is 11.5 Å². The monoisotopic (exact) mass is 382 g/mol. The van der Waals surface area contributed by atoms with E-state index in [1.807, 2.05) is 13.0 Å². The van der Waals surface area contributed by atoms with Crippen LogP contribution in [0.4, 0.5) is 4.39 Å². The fourth-order valence-corrected chi connectivity index (χ4v) is 2.77. The zero-order valence-electron chi connectivity index (χ0n) is 15.5. The average molecular weight is 382 g/mol. The molecule has 144 valence electrons. The van der Waals surface area contributed by atoms with Crippen LogP contribution < -0.4 is 16.6 Å². The maximum Gasteiger partial charge on any atom is 0.352 e. The van der Waals surface area contributed by atoms with Gasteiger partial charge in [0.1, 0.15) is 5.82 Å². The fraction of sp³-hybridized carbons (Fsp3) is 0.200. The lowest BCUT2D eigenvalue weighted by atomic mass is 10.2. The molecule has 0 aliphatic carbocycles. The number of rotatable bonds is 5. The minimum Gasteiger partial charge on any atom is -0.351 e. The Balaban J connectivity index is 2.25. The van der Waals surface area contributed by atoms with E-state index in [1.54, 1.807) is 31.2 Å². The van der Waals surface area contributed by atoms with Crippen LogP contribution in [0.25, 0.3) is 5.69 Å². The second-order valence-corrected chi connectivity index (χ2v) is 6.22. The Kier molecular flexibility index (Phi) is 5.49. The molecule has 1 aromatic heterocycles. The van der Waals surface area contributed by atoms with Crippen molar-refractivity contribution in [2.45, 2.75) is 20.4 Å². The van der Waals surface area contributed by atoms with Gasteiger partial charge in [-0.3, -0.25) is 14.2 Å². The van der Waals surface area contributed by atoms with E-state index in [-0.39, 0.29) is 18.7 Å². The minimum atomic E-state index is -0.872. The Morgan fingerprint density at radius 3 is 2.57 bits per heavy atom. The molecule has 1 N–H and O–H groups in total. The molecule has 7 nitrogen and oxygen atoms in total. The average Bonchev–Trinajstić information content (AvgIpc) is 2.66. The summed E-state index contributed by atoms with van der Waals surface area (Å²) >= 11 is 0. The molecule has 0 atom stereocenters. The number of nitrogens with zero attached hydrogens (tertiary/aromatic N) is 3. The van der Waals surface area contributed by atoms with E-state index in [0.29, 0.717) is 5.69 Å². The molecule has 3 rings (SSSR count). The number of aromatic nitrogens is 3. The predicted octanol–water partition coefficient (Wildman–Crippen LogP) is 1.64. The molecule has 0 saturated carbocycles. The molecule has 0 radical (unpaired) electrons. The molecule has 0 aliphatic rings. The molecule has 1 heterocycles. The zero-order chi connectivity index (χ0) is 20.3. The third-order valence-corrected chi connectivity index (χ3v) is 4.14. The van der Waals surface area contributed by atoms with Crippen molar-refractivity contribution < 1.29 is 9.18 Å². The molecule has 1 amide bonds. The summed E-state index contributed by atoms with van der Waals surface area (Å²) in [7, 11) is 0. The number of halogens is 1. The first-order valence-corrected chi connectivity index (χ1v) is 8.75. The molecule has 0 aliphatic heterocycles. The summed E-state index contributed by atoms with van der Waals surface area (Å²) in [6, 6.07) is 12.8. The SMILES string of the molecule is CCNC(=O)c1nn(-c2cccc(C)c2)c(=O)n(Cc2ccccc2F)c1=O. The van der Waals surface area contributed by atoms with Gasteiger partial charge in [-0.1, -0.05) is 30.3 Å². The van der Waals surface area contributed by atoms with Gasteiger partial charge < -0.3 is 5.32 Å². The number of benzene rings is 2. The first-order valence-electron chi connectivity index (χ1n) is 8.75. The van der Waals surface area contributed by atoms with Crippen molar-refractivity contribution in [3.8, 4) is 5.69 Å². The van der Waals surface area contributed by atoms with Crippen molar-refractivity contribution in [2.24, 2.45) is 0 Å². The highest BCUT2D eigenvalue weighted by Crippen LogP contribution is 2.09. The van der Waals surface area contributed by atoms with E-state index in [0.717, 1.165) is 14.8 Å². The standard InChI is InChI=1S/C20H19FN4O3/c1-3-22-18(26)17-19(27)24(12-14-8-4-5-10-16(14)21)20(28)25(23-17)15-9-6-7-13(2)11-15/h4-11H,3,12H2,1-2H3,(H,22,26). The van der Waals surface area contributed by atoms with Crippen LogP contribution in [0.2, 0.25) is 0 Å². The molecular weight excluding hydrogens is 363 g/mol. The number of aryl methyl sites for hydroxylation is 1. The first kappa shape index (κ1) is 19.2. The lowest BCUT2D eigenvalue weighted by Crippen LogP contribution is -2.46. The molecule has 3 aromatic rings. The van der Waals surface area contributed by atoms with Crippen molar-refractivity contribution in [2.75, 3.05) is 6.54 Å². The largest absolute Gasteiger partial charge is 0.352 e. The number of hydrogen-bond acceptors (Lipinski definition) is 4. The molecule has 0 bridgehead atoms. The van der Waals surface area contributed by atoms with Crippen molar-refractivity contribution in [3.05, 3.63) is 92.0 Å². The van der Waals surface area contributed by atoms with Gasteiger partial charge in [0.2, 0.25) is 5.69 Å². The van der Waals surface area contributed by atoms with Crippen LogP contribution in [0.15, 0.2) is 58.1 Å². The number of hydrogen-bond donors (Lipinski definition) is 1. The topological polar surface area (TPSA) is 86.0 Å². The number of carbonyl (C=O) groups excluding carboxylic acids is 1. The predicted molar refractivity (Wildman–Crippen MR) is 102 cm³/mol. The van der Waals surface area contributed by atoms with Crippen LogP contribution in [0, 0.1) is 12.7 Å². The third kappa shape index (κ3) is 3.75. The summed E-state index contributed by atoms with van der Waals surface area (Å²) < 4.78 is 15.9. The van der Waals surface area contributed by atoms with Crippen LogP contribution in [0.5, 0.6) is 0 Å². The fourth-order valence-electron chi connectivity index (χ4n) is 2.77. The maximum absolute atomic E-state index is 14.1. The lowest BCUT2D eigenvalue weighted by molar-refractivity contribution is 0.0946. The Hall–Kier alpha value is -3.55. The smallest absolute Gasteiger partial charge is 0.351 e. The summed E-state index contributed by atoms with van der Waals surface area (Å²) in [6.07, 6.45) is 0. The van der Waals surface area contributed by atoms with Gasteiger partial charge in [-0.2, -0.15) is 9.78 Å². The molecule has 0 unspecified atom stereocenters. The van der Waals surface area contributed by atoms with E-state index in [4.69, 9.17) is 0 Å². The summed E-state index contributed by atoms with van der Waals surface area (Å²) in [6.45, 7) is 3.52. The van der Waals surface area contributed by atoms with E-state index in [1.165, 1.54) is 18.2 Å². The lowest BCUT2D eigenvalue weighted by Gasteiger charge is -2.12. The van der Waals surface area contributed by atoms with Crippen molar-refractivity contribution in [3.63, 3.8) is 0 Å². The van der Waals surface area contributed by atoms with Crippen LogP contribution >= 0.6 is 0 Å². The molecule has 0 fully saturated rings. The summed E-state index contributed by atoms with van der Waals surface area (Å²) in [5, 5.41) is 6.50. The number of carbonyl (C=O) groups is 1. The second-order valence-electron chi connectivity index (χ2n) is 6.22. The third-order valence-electron chi connectivity index (χ3n) is 4.14. The maximum atomic E-state index is 14.1. The Morgan fingerprint density at radius 1 is 1.14 bits per heavy atom. The molecule has 8 heteroatoms. The molecular formula is C20H19FN4O3. The van der Waals surface area contributed by atoms with Gasteiger partial charge in [0, 0.05) is 12.1 Å². The molecule has 0 spiro atoms. The molecule has 28 heavy (non-hydrogen) atoms. The van der Waals surface area contributed by atoms with Crippen molar-refractivity contribution in [1.29, 1.82) is 0 Å². The van der Waals surface area contributed by atoms with E-state index < -0.39 is 28.7 Å². The van der Waals surface area contributed by atoms with Gasteiger partial charge in [0.15, 0.2) is 0 Å². The van der Waals surface area contributed by atoms with Crippen LogP contribution in [-0.2, 0) is 6.54 Å². The van der Waals surface area contributed by atoms with E-state index in [2.05, 4.69) is 10.4 Å². The highest BCUT2D eigenvalue weighted by atomic mass is 19.1. The molecule has 0 saturated heterocycles. The van der Waals surface area contributed by atoms with E-state index >= 15 is 0 Å². The van der Waals surface area contributed by atoms with Crippen LogP contribution in [0.1, 0.15) is 28.5 Å². The quantitative estimate of drug-likeness (QED) is 0.727. The molecule has 2 aromatic carbocycles. The van der Waals surface area contributed by atoms with Crippen molar-refractivity contribution >= 4 is 5.91 Å². The van der Waals surface area contributed by atoms with Gasteiger partial charge in [-0.05, 0) is 37.6 Å². The van der Waals surface area contributed by atoms with E-state index in [9.17, 15) is 18.8 Å². The highest BCUT2D eigenvalue weighted by molar-refractivity contribution is 5.91. The van der Waals surface area contributed by atoms with Gasteiger partial charge in [-0.25, -0.2) is 9.18 Å². The summed E-state index contributed by atoms with van der Waals surface area (Å²) in [5.41, 5.74) is -0.629. The summed E-state index contributed by atoms with van der Waals surface area (Å²) in [5.74, 6) is -1.25.